The van der Waals surface area contributed by atoms with Gasteiger partial charge in [0.2, 0.25) is 5.78 Å². The van der Waals surface area contributed by atoms with Crippen molar-refractivity contribution in [2.24, 2.45) is 0 Å². The predicted molar refractivity (Wildman–Crippen MR) is 116 cm³/mol. The zero-order valence-corrected chi connectivity index (χ0v) is 17.1. The van der Waals surface area contributed by atoms with Gasteiger partial charge in [-0.25, -0.2) is 4.98 Å². The number of ketones is 1. The number of nitrogens with zero attached hydrogens (tertiary/aromatic N) is 2. The maximum absolute atomic E-state index is 13.5. The summed E-state index contributed by atoms with van der Waals surface area (Å²) in [5.41, 5.74) is 1.13. The summed E-state index contributed by atoms with van der Waals surface area (Å²) in [5, 5.41) is 13.6. The minimum absolute atomic E-state index is 0.0510. The molecule has 0 fully saturated rings. The van der Waals surface area contributed by atoms with Crippen LogP contribution in [0, 0.1) is 0 Å². The van der Waals surface area contributed by atoms with Crippen molar-refractivity contribution >= 4 is 39.1 Å². The number of aromatic nitrogens is 1. The second-order valence-electron chi connectivity index (χ2n) is 6.91. The maximum atomic E-state index is 13.5. The third-order valence-electron chi connectivity index (χ3n) is 5.16. The second kappa shape index (κ2) is 7.41. The van der Waals surface area contributed by atoms with Crippen molar-refractivity contribution in [3.05, 3.63) is 88.8 Å². The first-order valence-electron chi connectivity index (χ1n) is 9.42. The number of para-hydroxylation sites is 1. The SMILES string of the molecule is COc1ccc([C@H]2C(C(=O)c3cc4ccccc4o3)=C(O)C(=O)N2c2nccs2)cc1. The van der Waals surface area contributed by atoms with Gasteiger partial charge in [0.1, 0.15) is 11.3 Å². The number of aliphatic hydroxyl groups is 1. The molecule has 31 heavy (non-hydrogen) atoms. The van der Waals surface area contributed by atoms with Crippen molar-refractivity contribution in [3.8, 4) is 5.75 Å². The topological polar surface area (TPSA) is 92.9 Å². The summed E-state index contributed by atoms with van der Waals surface area (Å²) in [6.45, 7) is 0. The Balaban J connectivity index is 1.64. The Morgan fingerprint density at radius 1 is 1.19 bits per heavy atom. The lowest BCUT2D eigenvalue weighted by Gasteiger charge is -2.24. The first-order valence-corrected chi connectivity index (χ1v) is 10.3. The quantitative estimate of drug-likeness (QED) is 0.460. The number of anilines is 1. The van der Waals surface area contributed by atoms with Gasteiger partial charge < -0.3 is 14.3 Å². The molecule has 0 aliphatic carbocycles. The Hall–Kier alpha value is -3.91. The summed E-state index contributed by atoms with van der Waals surface area (Å²) >= 11 is 1.24. The fraction of sp³-hybridized carbons (Fsp3) is 0.0870. The molecule has 5 rings (SSSR count). The van der Waals surface area contributed by atoms with E-state index in [0.717, 1.165) is 5.39 Å². The number of thiazole rings is 1. The van der Waals surface area contributed by atoms with E-state index < -0.39 is 23.5 Å². The lowest BCUT2D eigenvalue weighted by molar-refractivity contribution is -0.117. The number of amides is 1. The number of hydrogen-bond acceptors (Lipinski definition) is 7. The van der Waals surface area contributed by atoms with Gasteiger partial charge >= 0.3 is 0 Å². The molecule has 0 bridgehead atoms. The lowest BCUT2D eigenvalue weighted by Crippen LogP contribution is -2.30. The second-order valence-corrected chi connectivity index (χ2v) is 7.78. The zero-order valence-electron chi connectivity index (χ0n) is 16.3. The molecule has 0 spiro atoms. The fourth-order valence-corrected chi connectivity index (χ4v) is 4.36. The van der Waals surface area contributed by atoms with Crippen LogP contribution in [-0.2, 0) is 4.79 Å². The highest BCUT2D eigenvalue weighted by atomic mass is 32.1. The molecule has 7 nitrogen and oxygen atoms in total. The Morgan fingerprint density at radius 3 is 2.65 bits per heavy atom. The van der Waals surface area contributed by atoms with Gasteiger partial charge in [-0.05, 0) is 29.8 Å². The van der Waals surface area contributed by atoms with E-state index in [1.807, 2.05) is 12.1 Å². The van der Waals surface area contributed by atoms with Gasteiger partial charge in [0.05, 0.1) is 18.7 Å². The Labute approximate surface area is 180 Å². The molecule has 1 amide bonds. The van der Waals surface area contributed by atoms with E-state index in [1.165, 1.54) is 16.2 Å². The molecular formula is C23H16N2O5S. The van der Waals surface area contributed by atoms with Crippen molar-refractivity contribution < 1.29 is 23.8 Å². The molecule has 4 aromatic rings. The average molecular weight is 432 g/mol. The summed E-state index contributed by atoms with van der Waals surface area (Å²) in [7, 11) is 1.55. The van der Waals surface area contributed by atoms with Gasteiger partial charge in [-0.15, -0.1) is 11.3 Å². The van der Waals surface area contributed by atoms with Crippen molar-refractivity contribution in [1.82, 2.24) is 4.98 Å². The molecule has 3 heterocycles. The van der Waals surface area contributed by atoms with Gasteiger partial charge in [0.15, 0.2) is 16.7 Å². The molecule has 0 radical (unpaired) electrons. The number of carbonyl (C=O) groups excluding carboxylic acids is 2. The summed E-state index contributed by atoms with van der Waals surface area (Å²) in [6, 6.07) is 15.0. The third kappa shape index (κ3) is 3.08. The molecule has 1 aliphatic rings. The molecule has 0 saturated heterocycles. The molecule has 154 valence electrons. The first-order chi connectivity index (χ1) is 15.1. The van der Waals surface area contributed by atoms with E-state index in [2.05, 4.69) is 4.98 Å². The largest absolute Gasteiger partial charge is 0.503 e. The Morgan fingerprint density at radius 2 is 1.97 bits per heavy atom. The smallest absolute Gasteiger partial charge is 0.296 e. The van der Waals surface area contributed by atoms with Crippen LogP contribution in [0.5, 0.6) is 5.75 Å². The van der Waals surface area contributed by atoms with Crippen molar-refractivity contribution in [3.63, 3.8) is 0 Å². The Bertz CT molecular complexity index is 1290. The number of carbonyl (C=O) groups is 2. The predicted octanol–water partition coefficient (Wildman–Crippen LogP) is 4.68. The normalized spacial score (nSPS) is 16.4. The number of aliphatic hydroxyl groups excluding tert-OH is 1. The van der Waals surface area contributed by atoms with Crippen LogP contribution in [0.1, 0.15) is 22.2 Å². The number of Topliss-reactive ketones (excluding diaryl/α,β-unsaturated/α-hetero) is 1. The molecule has 0 saturated carbocycles. The van der Waals surface area contributed by atoms with E-state index >= 15 is 0 Å². The molecule has 1 aliphatic heterocycles. The van der Waals surface area contributed by atoms with Crippen LogP contribution in [0.25, 0.3) is 11.0 Å². The molecule has 0 unspecified atom stereocenters. The van der Waals surface area contributed by atoms with Crippen LogP contribution >= 0.6 is 11.3 Å². The van der Waals surface area contributed by atoms with E-state index in [1.54, 1.807) is 61.2 Å². The minimum atomic E-state index is -0.856. The van der Waals surface area contributed by atoms with Crippen molar-refractivity contribution in [2.45, 2.75) is 6.04 Å². The number of ether oxygens (including phenoxy) is 1. The monoisotopic (exact) mass is 432 g/mol. The molecule has 2 aromatic carbocycles. The highest BCUT2D eigenvalue weighted by Crippen LogP contribution is 2.43. The maximum Gasteiger partial charge on any atom is 0.296 e. The number of fused-ring (bicyclic) bond motifs is 1. The molecule has 1 atom stereocenters. The van der Waals surface area contributed by atoms with Gasteiger partial charge in [-0.3, -0.25) is 14.5 Å². The summed E-state index contributed by atoms with van der Waals surface area (Å²) in [4.78, 5) is 32.0. The van der Waals surface area contributed by atoms with Crippen LogP contribution in [0.15, 0.2) is 81.9 Å². The van der Waals surface area contributed by atoms with E-state index in [0.29, 0.717) is 22.0 Å². The van der Waals surface area contributed by atoms with Crippen molar-refractivity contribution in [2.75, 3.05) is 12.0 Å². The fourth-order valence-electron chi connectivity index (χ4n) is 3.70. The minimum Gasteiger partial charge on any atom is -0.503 e. The molecule has 2 aromatic heterocycles. The molecule has 8 heteroatoms. The molecule has 1 N–H and O–H groups in total. The van der Waals surface area contributed by atoms with Crippen LogP contribution in [-0.4, -0.2) is 28.9 Å². The van der Waals surface area contributed by atoms with Gasteiger partial charge in [0, 0.05) is 17.0 Å². The van der Waals surface area contributed by atoms with Crippen molar-refractivity contribution in [1.29, 1.82) is 0 Å². The Kier molecular flexibility index (Phi) is 4.56. The number of furan rings is 1. The van der Waals surface area contributed by atoms with E-state index in [9.17, 15) is 14.7 Å². The van der Waals surface area contributed by atoms with Gasteiger partial charge in [0.25, 0.3) is 5.91 Å². The van der Waals surface area contributed by atoms with Gasteiger partial charge in [-0.2, -0.15) is 0 Å². The van der Waals surface area contributed by atoms with E-state index in [-0.39, 0.29) is 11.3 Å². The highest BCUT2D eigenvalue weighted by molar-refractivity contribution is 7.13. The number of hydrogen-bond donors (Lipinski definition) is 1. The van der Waals surface area contributed by atoms with Crippen LogP contribution < -0.4 is 9.64 Å². The van der Waals surface area contributed by atoms with Crippen LogP contribution in [0.3, 0.4) is 0 Å². The number of benzene rings is 2. The number of methoxy groups -OCH3 is 1. The number of rotatable bonds is 5. The summed E-state index contributed by atoms with van der Waals surface area (Å²) < 4.78 is 10.9. The zero-order chi connectivity index (χ0) is 21.5. The summed E-state index contributed by atoms with van der Waals surface area (Å²) in [6.07, 6.45) is 1.56. The van der Waals surface area contributed by atoms with Crippen LogP contribution in [0.2, 0.25) is 0 Å². The average Bonchev–Trinajstić information content (AvgIpc) is 3.52. The summed E-state index contributed by atoms with van der Waals surface area (Å²) in [5.74, 6) is -1.17. The van der Waals surface area contributed by atoms with Gasteiger partial charge in [-0.1, -0.05) is 30.3 Å². The highest BCUT2D eigenvalue weighted by Gasteiger charge is 2.46. The van der Waals surface area contributed by atoms with E-state index in [4.69, 9.17) is 9.15 Å². The third-order valence-corrected chi connectivity index (χ3v) is 5.93. The van der Waals surface area contributed by atoms with Crippen LogP contribution in [0.4, 0.5) is 5.13 Å². The lowest BCUT2D eigenvalue weighted by atomic mass is 9.95. The first kappa shape index (κ1) is 19.1. The standard InChI is InChI=1S/C23H16N2O5S/c1-29-15-8-6-13(7-9-15)19-18(21(27)22(28)25(19)23-24-10-11-31-23)20(26)17-12-14-4-2-3-5-16(14)30-17/h2-12,19,27H,1H3/t19-/m0/s1. The molecular weight excluding hydrogens is 416 g/mol.